The van der Waals surface area contributed by atoms with Gasteiger partial charge in [-0.2, -0.15) is 0 Å². The van der Waals surface area contributed by atoms with Gasteiger partial charge in [0.25, 0.3) is 0 Å². The van der Waals surface area contributed by atoms with Crippen molar-refractivity contribution in [3.63, 3.8) is 0 Å². The lowest BCUT2D eigenvalue weighted by Crippen LogP contribution is -1.83. The van der Waals surface area contributed by atoms with Gasteiger partial charge in [-0.25, -0.2) is 0 Å². The first kappa shape index (κ1) is 40.6. The molecule has 0 amide bonds. The fourth-order valence-electron chi connectivity index (χ4n) is 5.50. The van der Waals surface area contributed by atoms with Crippen molar-refractivity contribution in [2.24, 2.45) is 0 Å². The quantitative estimate of drug-likeness (QED) is 0.0567. The summed E-state index contributed by atoms with van der Waals surface area (Å²) in [5.74, 6) is 0. The van der Waals surface area contributed by atoms with Crippen LogP contribution in [0.1, 0.15) is 226 Å². The molecule has 0 fully saturated rings. The Bertz CT molecular complexity index is 408. The van der Waals surface area contributed by atoms with Gasteiger partial charge >= 0.3 is 0 Å². The summed E-state index contributed by atoms with van der Waals surface area (Å²) in [6, 6.07) is 0. The molecule has 0 heterocycles. The van der Waals surface area contributed by atoms with Gasteiger partial charge in [0.05, 0.1) is 0 Å². The Kier molecular flexibility index (Phi) is 43.7. The van der Waals surface area contributed by atoms with E-state index in [0.717, 1.165) is 0 Å². The second-order valence-corrected chi connectivity index (χ2v) is 12.4. The summed E-state index contributed by atoms with van der Waals surface area (Å²) in [5, 5.41) is 0. The number of hydrogen-bond donors (Lipinski definition) is 0. The molecule has 0 aliphatic rings. The summed E-state index contributed by atoms with van der Waals surface area (Å²) in [4.78, 5) is 0. The molecule has 0 aromatic carbocycles. The lowest BCUT2D eigenvalue weighted by atomic mass is 10.0. The first-order chi connectivity index (χ1) is 19.3. The van der Waals surface area contributed by atoms with Crippen molar-refractivity contribution < 1.29 is 0 Å². The maximum atomic E-state index is 3.77. The Balaban J connectivity index is 0. The van der Waals surface area contributed by atoms with Crippen molar-refractivity contribution in [2.75, 3.05) is 0 Å². The lowest BCUT2D eigenvalue weighted by molar-refractivity contribution is 0.530. The molecule has 0 rings (SSSR count). The minimum atomic E-state index is 1.21. The average molecular weight is 547 g/mol. The van der Waals surface area contributed by atoms with Crippen molar-refractivity contribution in [1.29, 1.82) is 0 Å². The molecule has 0 nitrogen and oxygen atoms in total. The van der Waals surface area contributed by atoms with Crippen LogP contribution in [0.15, 0.2) is 25.3 Å². The zero-order chi connectivity index (χ0) is 28.7. The third kappa shape index (κ3) is 44.7. The van der Waals surface area contributed by atoms with E-state index in [1.165, 1.54) is 212 Å². The van der Waals surface area contributed by atoms with E-state index < -0.39 is 0 Å². The third-order valence-corrected chi connectivity index (χ3v) is 8.27. The molecule has 0 saturated heterocycles. The van der Waals surface area contributed by atoms with E-state index >= 15 is 0 Å². The van der Waals surface area contributed by atoms with Crippen LogP contribution in [0, 0.1) is 0 Å². The number of unbranched alkanes of at least 4 members (excludes halogenated alkanes) is 31. The highest BCUT2D eigenvalue weighted by atomic mass is 14.0. The molecule has 0 aliphatic carbocycles. The zero-order valence-electron chi connectivity index (χ0n) is 27.9. The highest BCUT2D eigenvalue weighted by Crippen LogP contribution is 2.15. The van der Waals surface area contributed by atoms with Gasteiger partial charge < -0.3 is 0 Å². The smallest absolute Gasteiger partial charge is 0.0353 e. The van der Waals surface area contributed by atoms with Gasteiger partial charge in [0.15, 0.2) is 0 Å². The van der Waals surface area contributed by atoms with Crippen LogP contribution >= 0.6 is 0 Å². The van der Waals surface area contributed by atoms with Crippen LogP contribution in [0.5, 0.6) is 0 Å². The molecule has 0 aliphatic heterocycles. The SMILES string of the molecule is C=CCCCCCCCCCCCCCCCCC.C=CCCCCCCCCCCCCCCCCCC. The van der Waals surface area contributed by atoms with Crippen molar-refractivity contribution in [1.82, 2.24) is 0 Å². The summed E-state index contributed by atoms with van der Waals surface area (Å²) < 4.78 is 0. The summed E-state index contributed by atoms with van der Waals surface area (Å²) in [6.07, 6.45) is 51.4. The first-order valence-electron chi connectivity index (χ1n) is 18.5. The highest BCUT2D eigenvalue weighted by Gasteiger charge is 1.95. The Morgan fingerprint density at radius 3 is 0.564 bits per heavy atom. The average Bonchev–Trinajstić information content (AvgIpc) is 2.95. The topological polar surface area (TPSA) is 0 Å². The van der Waals surface area contributed by atoms with Gasteiger partial charge in [-0.15, -0.1) is 13.2 Å². The molecule has 0 aromatic rings. The Morgan fingerprint density at radius 2 is 0.410 bits per heavy atom. The van der Waals surface area contributed by atoms with Crippen molar-refractivity contribution in [2.45, 2.75) is 226 Å². The molecule has 234 valence electrons. The number of hydrogen-bond acceptors (Lipinski definition) is 0. The fraction of sp³-hybridized carbons (Fsp3) is 0.897. The van der Waals surface area contributed by atoms with E-state index in [1.54, 1.807) is 0 Å². The van der Waals surface area contributed by atoms with E-state index in [9.17, 15) is 0 Å². The number of allylic oxidation sites excluding steroid dienone is 2. The second-order valence-electron chi connectivity index (χ2n) is 12.4. The molecule has 0 radical (unpaired) electrons. The molecular formula is C39H78. The lowest BCUT2D eigenvalue weighted by Gasteiger charge is -2.03. The normalized spacial score (nSPS) is 10.8. The molecule has 0 unspecified atom stereocenters. The molecule has 0 spiro atoms. The van der Waals surface area contributed by atoms with Gasteiger partial charge in [-0.3, -0.25) is 0 Å². The molecule has 0 bridgehead atoms. The van der Waals surface area contributed by atoms with Crippen molar-refractivity contribution >= 4 is 0 Å². The maximum absolute atomic E-state index is 3.77. The molecule has 0 heteroatoms. The highest BCUT2D eigenvalue weighted by molar-refractivity contribution is 4.66. The standard InChI is InChI=1S/C20H40.C19H38/c1-3-5-7-9-11-13-15-17-19-20-18-16-14-12-10-8-6-4-2;1-3-5-7-9-11-13-15-17-19-18-16-14-12-10-8-6-4-2/h3H,1,4-20H2,2H3;3H,1,4-19H2,2H3. The van der Waals surface area contributed by atoms with Gasteiger partial charge in [0.1, 0.15) is 0 Å². The Labute approximate surface area is 250 Å². The van der Waals surface area contributed by atoms with Crippen LogP contribution in [-0.4, -0.2) is 0 Å². The molecule has 0 aromatic heterocycles. The predicted molar refractivity (Wildman–Crippen MR) is 184 cm³/mol. The van der Waals surface area contributed by atoms with E-state index in [-0.39, 0.29) is 0 Å². The largest absolute Gasteiger partial charge is 0.103 e. The number of rotatable bonds is 33. The first-order valence-corrected chi connectivity index (χ1v) is 18.5. The van der Waals surface area contributed by atoms with Gasteiger partial charge in [-0.05, 0) is 25.7 Å². The minimum absolute atomic E-state index is 1.21. The van der Waals surface area contributed by atoms with E-state index in [1.807, 2.05) is 12.2 Å². The van der Waals surface area contributed by atoms with E-state index in [0.29, 0.717) is 0 Å². The molecule has 39 heavy (non-hydrogen) atoms. The van der Waals surface area contributed by atoms with Gasteiger partial charge in [-0.1, -0.05) is 212 Å². The van der Waals surface area contributed by atoms with Crippen LogP contribution in [-0.2, 0) is 0 Å². The zero-order valence-corrected chi connectivity index (χ0v) is 27.9. The summed E-state index contributed by atoms with van der Waals surface area (Å²) in [6.45, 7) is 12.1. The van der Waals surface area contributed by atoms with Crippen LogP contribution in [0.4, 0.5) is 0 Å². The molecule has 0 atom stereocenters. The van der Waals surface area contributed by atoms with Crippen molar-refractivity contribution in [3.8, 4) is 0 Å². The summed E-state index contributed by atoms with van der Waals surface area (Å²) in [7, 11) is 0. The monoisotopic (exact) mass is 547 g/mol. The van der Waals surface area contributed by atoms with E-state index in [2.05, 4.69) is 27.0 Å². The predicted octanol–water partition coefficient (Wildman–Crippen LogP) is 15.3. The fourth-order valence-corrected chi connectivity index (χ4v) is 5.50. The van der Waals surface area contributed by atoms with Crippen LogP contribution in [0.2, 0.25) is 0 Å². The maximum Gasteiger partial charge on any atom is -0.0353 e. The van der Waals surface area contributed by atoms with Crippen molar-refractivity contribution in [3.05, 3.63) is 25.3 Å². The van der Waals surface area contributed by atoms with Crippen LogP contribution < -0.4 is 0 Å². The van der Waals surface area contributed by atoms with Gasteiger partial charge in [0, 0.05) is 0 Å². The summed E-state index contributed by atoms with van der Waals surface area (Å²) >= 11 is 0. The Morgan fingerprint density at radius 1 is 0.256 bits per heavy atom. The minimum Gasteiger partial charge on any atom is -0.103 e. The Hall–Kier alpha value is -0.520. The van der Waals surface area contributed by atoms with Gasteiger partial charge in [0.2, 0.25) is 0 Å². The second kappa shape index (κ2) is 42.0. The van der Waals surface area contributed by atoms with Crippen LogP contribution in [0.3, 0.4) is 0 Å². The molecule has 0 saturated carbocycles. The summed E-state index contributed by atoms with van der Waals surface area (Å²) in [5.41, 5.74) is 0. The van der Waals surface area contributed by atoms with Crippen LogP contribution in [0.25, 0.3) is 0 Å². The third-order valence-electron chi connectivity index (χ3n) is 8.27. The van der Waals surface area contributed by atoms with E-state index in [4.69, 9.17) is 0 Å². The molecule has 0 N–H and O–H groups in total. The molecular weight excluding hydrogens is 468 g/mol.